The minimum absolute atomic E-state index is 0.0287. The zero-order valence-electron chi connectivity index (χ0n) is 15.4. The smallest absolute Gasteiger partial charge is 0.407 e. The highest BCUT2D eigenvalue weighted by atomic mass is 16.6. The summed E-state index contributed by atoms with van der Waals surface area (Å²) in [5.41, 5.74) is 1.73. The summed E-state index contributed by atoms with van der Waals surface area (Å²) in [4.78, 5) is 34.1. The van der Waals surface area contributed by atoms with E-state index in [2.05, 4.69) is 15.4 Å². The lowest BCUT2D eigenvalue weighted by atomic mass is 10.1. The molecule has 2 N–H and O–H groups in total. The molecular weight excluding hydrogens is 340 g/mol. The predicted octanol–water partition coefficient (Wildman–Crippen LogP) is 2.50. The van der Waals surface area contributed by atoms with E-state index in [1.807, 2.05) is 31.2 Å². The van der Waals surface area contributed by atoms with E-state index in [0.29, 0.717) is 19.4 Å². The van der Waals surface area contributed by atoms with E-state index in [1.165, 1.54) is 7.11 Å². The molecule has 0 aliphatic carbocycles. The summed E-state index contributed by atoms with van der Waals surface area (Å²) >= 11 is 0. The average Bonchev–Trinajstić information content (AvgIpc) is 2.63. The molecule has 1 aromatic rings. The van der Waals surface area contributed by atoms with E-state index in [9.17, 15) is 14.4 Å². The van der Waals surface area contributed by atoms with Crippen molar-refractivity contribution in [2.75, 3.05) is 13.7 Å². The SMILES string of the molecule is CCCC(=O)OCC(C)OC(=O)NCc1cccc(CNC(=O)OC)c1. The predicted molar refractivity (Wildman–Crippen MR) is 94.3 cm³/mol. The number of amides is 2. The average molecular weight is 366 g/mol. The van der Waals surface area contributed by atoms with Crippen molar-refractivity contribution in [2.45, 2.75) is 45.9 Å². The first-order valence-corrected chi connectivity index (χ1v) is 8.44. The van der Waals surface area contributed by atoms with Crippen molar-refractivity contribution in [3.8, 4) is 0 Å². The molecule has 8 nitrogen and oxygen atoms in total. The van der Waals surface area contributed by atoms with Crippen LogP contribution in [0, 0.1) is 0 Å². The first-order chi connectivity index (χ1) is 12.4. The Morgan fingerprint density at radius 2 is 1.69 bits per heavy atom. The number of benzene rings is 1. The summed E-state index contributed by atoms with van der Waals surface area (Å²) in [6, 6.07) is 7.38. The second kappa shape index (κ2) is 11.7. The quantitative estimate of drug-likeness (QED) is 0.514. The highest BCUT2D eigenvalue weighted by Gasteiger charge is 2.12. The highest BCUT2D eigenvalue weighted by molar-refractivity contribution is 5.69. The summed E-state index contributed by atoms with van der Waals surface area (Å²) in [7, 11) is 1.30. The van der Waals surface area contributed by atoms with Gasteiger partial charge in [0, 0.05) is 19.5 Å². The maximum Gasteiger partial charge on any atom is 0.407 e. The third-order valence-corrected chi connectivity index (χ3v) is 3.29. The Morgan fingerprint density at radius 3 is 2.27 bits per heavy atom. The van der Waals surface area contributed by atoms with Gasteiger partial charge in [0.15, 0.2) is 0 Å². The number of carbonyl (C=O) groups is 3. The van der Waals surface area contributed by atoms with E-state index >= 15 is 0 Å². The van der Waals surface area contributed by atoms with Gasteiger partial charge in [0.2, 0.25) is 0 Å². The zero-order valence-corrected chi connectivity index (χ0v) is 15.4. The summed E-state index contributed by atoms with van der Waals surface area (Å²) in [6.07, 6.45) is -0.581. The molecule has 1 atom stereocenters. The Bertz CT molecular complexity index is 605. The Balaban J connectivity index is 2.35. The standard InChI is InChI=1S/C18H26N2O6/c1-4-6-16(21)25-12-13(2)26-18(23)20-11-15-8-5-7-14(9-15)10-19-17(22)24-3/h5,7-9,13H,4,6,10-12H2,1-3H3,(H,19,22)(H,20,23). The number of hydrogen-bond acceptors (Lipinski definition) is 6. The Hall–Kier alpha value is -2.77. The largest absolute Gasteiger partial charge is 0.462 e. The van der Waals surface area contributed by atoms with Gasteiger partial charge in [0.1, 0.15) is 12.7 Å². The lowest BCUT2D eigenvalue weighted by Gasteiger charge is -2.14. The first kappa shape index (κ1) is 21.3. The van der Waals surface area contributed by atoms with Crippen LogP contribution in [-0.4, -0.2) is 38.0 Å². The summed E-state index contributed by atoms with van der Waals surface area (Å²) in [5, 5.41) is 5.22. The van der Waals surface area contributed by atoms with Gasteiger partial charge in [-0.1, -0.05) is 31.2 Å². The molecule has 0 saturated carbocycles. The molecule has 0 aliphatic heterocycles. The van der Waals surface area contributed by atoms with E-state index in [-0.39, 0.29) is 19.1 Å². The van der Waals surface area contributed by atoms with Gasteiger partial charge in [-0.25, -0.2) is 9.59 Å². The second-order valence-electron chi connectivity index (χ2n) is 5.67. The molecule has 2 amide bonds. The van der Waals surface area contributed by atoms with Crippen LogP contribution in [0.4, 0.5) is 9.59 Å². The van der Waals surface area contributed by atoms with Gasteiger partial charge in [0.25, 0.3) is 0 Å². The highest BCUT2D eigenvalue weighted by Crippen LogP contribution is 2.06. The van der Waals surface area contributed by atoms with Gasteiger partial charge in [-0.2, -0.15) is 0 Å². The van der Waals surface area contributed by atoms with Crippen molar-refractivity contribution in [1.82, 2.24) is 10.6 Å². The molecule has 0 bridgehead atoms. The van der Waals surface area contributed by atoms with Crippen LogP contribution >= 0.6 is 0 Å². The number of alkyl carbamates (subject to hydrolysis) is 2. The number of carbonyl (C=O) groups excluding carboxylic acids is 3. The summed E-state index contributed by atoms with van der Waals surface area (Å²) in [6.45, 7) is 4.16. The molecule has 0 saturated heterocycles. The number of hydrogen-bond donors (Lipinski definition) is 2. The van der Waals surface area contributed by atoms with Crippen molar-refractivity contribution >= 4 is 18.2 Å². The van der Waals surface area contributed by atoms with Gasteiger partial charge in [0.05, 0.1) is 7.11 Å². The van der Waals surface area contributed by atoms with Crippen molar-refractivity contribution in [3.05, 3.63) is 35.4 Å². The van der Waals surface area contributed by atoms with Crippen LogP contribution in [0.5, 0.6) is 0 Å². The van der Waals surface area contributed by atoms with Crippen LogP contribution in [0.15, 0.2) is 24.3 Å². The Kier molecular flexibility index (Phi) is 9.59. The molecule has 0 spiro atoms. The molecule has 1 aromatic carbocycles. The van der Waals surface area contributed by atoms with Crippen LogP contribution in [0.3, 0.4) is 0 Å². The fraction of sp³-hybridized carbons (Fsp3) is 0.500. The molecular formula is C18H26N2O6. The molecule has 0 aliphatic rings. The molecule has 8 heteroatoms. The fourth-order valence-electron chi connectivity index (χ4n) is 2.02. The third-order valence-electron chi connectivity index (χ3n) is 3.29. The molecule has 0 heterocycles. The van der Waals surface area contributed by atoms with Crippen molar-refractivity contribution in [2.24, 2.45) is 0 Å². The minimum Gasteiger partial charge on any atom is -0.462 e. The molecule has 0 fully saturated rings. The van der Waals surface area contributed by atoms with Crippen molar-refractivity contribution in [3.63, 3.8) is 0 Å². The van der Waals surface area contributed by atoms with Gasteiger partial charge in [-0.15, -0.1) is 0 Å². The summed E-state index contributed by atoms with van der Waals surface area (Å²) < 4.78 is 14.6. The Morgan fingerprint density at radius 1 is 1.08 bits per heavy atom. The second-order valence-corrected chi connectivity index (χ2v) is 5.67. The molecule has 144 valence electrons. The van der Waals surface area contributed by atoms with Crippen LogP contribution in [-0.2, 0) is 32.1 Å². The van der Waals surface area contributed by atoms with Crippen LogP contribution in [0.25, 0.3) is 0 Å². The van der Waals surface area contributed by atoms with E-state index < -0.39 is 18.3 Å². The van der Waals surface area contributed by atoms with Crippen LogP contribution in [0.2, 0.25) is 0 Å². The molecule has 0 radical (unpaired) electrons. The van der Waals surface area contributed by atoms with E-state index in [4.69, 9.17) is 9.47 Å². The molecule has 0 aromatic heterocycles. The van der Waals surface area contributed by atoms with Gasteiger partial charge in [-0.05, 0) is 24.5 Å². The fourth-order valence-corrected chi connectivity index (χ4v) is 2.02. The van der Waals surface area contributed by atoms with Gasteiger partial charge >= 0.3 is 18.2 Å². The number of rotatable bonds is 9. The van der Waals surface area contributed by atoms with Crippen molar-refractivity contribution in [1.29, 1.82) is 0 Å². The van der Waals surface area contributed by atoms with Crippen molar-refractivity contribution < 1.29 is 28.6 Å². The maximum atomic E-state index is 11.8. The van der Waals surface area contributed by atoms with E-state index in [0.717, 1.165) is 11.1 Å². The molecule has 1 rings (SSSR count). The molecule has 1 unspecified atom stereocenters. The topological polar surface area (TPSA) is 103 Å². The normalized spacial score (nSPS) is 11.2. The number of esters is 1. The third kappa shape index (κ3) is 8.91. The number of methoxy groups -OCH3 is 1. The zero-order chi connectivity index (χ0) is 19.4. The lowest BCUT2D eigenvalue weighted by Crippen LogP contribution is -2.30. The monoisotopic (exact) mass is 366 g/mol. The van der Waals surface area contributed by atoms with Crippen LogP contribution < -0.4 is 10.6 Å². The first-order valence-electron chi connectivity index (χ1n) is 8.44. The molecule has 26 heavy (non-hydrogen) atoms. The number of ether oxygens (including phenoxy) is 3. The minimum atomic E-state index is -0.595. The lowest BCUT2D eigenvalue weighted by molar-refractivity contribution is -0.146. The maximum absolute atomic E-state index is 11.8. The van der Waals surface area contributed by atoms with Crippen LogP contribution in [0.1, 0.15) is 37.8 Å². The van der Waals surface area contributed by atoms with Gasteiger partial charge < -0.3 is 24.8 Å². The number of nitrogens with one attached hydrogen (secondary N) is 2. The van der Waals surface area contributed by atoms with Gasteiger partial charge in [-0.3, -0.25) is 4.79 Å². The Labute approximate surface area is 153 Å². The van der Waals surface area contributed by atoms with E-state index in [1.54, 1.807) is 6.92 Å². The summed E-state index contributed by atoms with van der Waals surface area (Å²) in [5.74, 6) is -0.305.